The summed E-state index contributed by atoms with van der Waals surface area (Å²) < 4.78 is 12.7. The Bertz CT molecular complexity index is 313. The lowest BCUT2D eigenvalue weighted by Gasteiger charge is -2.16. The second-order valence-corrected chi connectivity index (χ2v) is 5.11. The van der Waals surface area contributed by atoms with Crippen LogP contribution in [0.15, 0.2) is 18.2 Å². The minimum Gasteiger partial charge on any atom is -0.250 e. The molecule has 1 aromatic carbocycles. The molecule has 0 N–H and O–H groups in total. The largest absolute Gasteiger partial charge is 0.250 e. The Labute approximate surface area is 98.9 Å². The van der Waals surface area contributed by atoms with E-state index in [4.69, 9.17) is 0 Å². The van der Waals surface area contributed by atoms with E-state index in [0.717, 1.165) is 11.5 Å². The average Bonchev–Trinajstić information content (AvgIpc) is 2.27. The molecule has 89 valence electrons. The van der Waals surface area contributed by atoms with E-state index in [-0.39, 0.29) is 6.67 Å². The van der Waals surface area contributed by atoms with Crippen LogP contribution in [0, 0.1) is 5.92 Å². The zero-order chi connectivity index (χ0) is 12.3. The molecule has 0 atom stereocenters. The van der Waals surface area contributed by atoms with Crippen LogP contribution in [0.1, 0.15) is 63.1 Å². The molecule has 1 radical (unpaired) electrons. The van der Waals surface area contributed by atoms with Crippen LogP contribution >= 0.6 is 0 Å². The fourth-order valence-electron chi connectivity index (χ4n) is 1.67. The lowest BCUT2D eigenvalue weighted by atomic mass is 9.89. The summed E-state index contributed by atoms with van der Waals surface area (Å²) in [6.45, 7) is 10.2. The monoisotopic (exact) mass is 221 g/mol. The minimum absolute atomic E-state index is 0.362. The molecular formula is C15H22F. The van der Waals surface area contributed by atoms with E-state index in [0.29, 0.717) is 11.8 Å². The molecule has 0 unspecified atom stereocenters. The van der Waals surface area contributed by atoms with Gasteiger partial charge in [0.05, 0.1) is 6.67 Å². The third-order valence-electron chi connectivity index (χ3n) is 3.00. The van der Waals surface area contributed by atoms with Gasteiger partial charge in [0.15, 0.2) is 0 Å². The summed E-state index contributed by atoms with van der Waals surface area (Å²) in [5, 5.41) is 0. The topological polar surface area (TPSA) is 0 Å². The van der Waals surface area contributed by atoms with Crippen molar-refractivity contribution in [3.8, 4) is 0 Å². The van der Waals surface area contributed by atoms with Crippen molar-refractivity contribution in [1.82, 2.24) is 0 Å². The van der Waals surface area contributed by atoms with Crippen LogP contribution in [-0.2, 0) is 0 Å². The van der Waals surface area contributed by atoms with Crippen LogP contribution < -0.4 is 0 Å². The van der Waals surface area contributed by atoms with Gasteiger partial charge in [-0.05, 0) is 28.5 Å². The summed E-state index contributed by atoms with van der Waals surface area (Å²) in [6, 6.07) is 6.47. The number of rotatable bonds is 4. The second kappa shape index (κ2) is 5.47. The standard InChI is InChI=1S/C15H22F/c1-10(2)13-6-14(11(3)4)8-15(7-13)12(5)9-16/h6-8,10-11H,9H2,1-5H3. The Hall–Kier alpha value is -0.850. The Kier molecular flexibility index (Phi) is 4.52. The van der Waals surface area contributed by atoms with Crippen LogP contribution in [0.5, 0.6) is 0 Å². The van der Waals surface area contributed by atoms with Gasteiger partial charge >= 0.3 is 0 Å². The van der Waals surface area contributed by atoms with Crippen LogP contribution in [-0.4, -0.2) is 6.67 Å². The first-order valence-corrected chi connectivity index (χ1v) is 5.99. The Morgan fingerprint density at radius 2 is 1.44 bits per heavy atom. The first-order valence-electron chi connectivity index (χ1n) is 5.99. The Morgan fingerprint density at radius 3 is 1.75 bits per heavy atom. The number of halogens is 1. The zero-order valence-corrected chi connectivity index (χ0v) is 11.0. The van der Waals surface area contributed by atoms with Gasteiger partial charge in [0.25, 0.3) is 0 Å². The van der Waals surface area contributed by atoms with Crippen molar-refractivity contribution in [3.05, 3.63) is 40.8 Å². The molecule has 1 aromatic rings. The SMILES string of the molecule is C[C](CF)c1cc(C(C)C)cc(C(C)C)c1. The molecule has 0 nitrogen and oxygen atoms in total. The molecule has 0 heterocycles. The molecule has 1 rings (SSSR count). The van der Waals surface area contributed by atoms with Gasteiger partial charge in [-0.1, -0.05) is 52.8 Å². The molecule has 0 spiro atoms. The van der Waals surface area contributed by atoms with Crippen LogP contribution in [0.3, 0.4) is 0 Å². The maximum absolute atomic E-state index is 12.7. The van der Waals surface area contributed by atoms with Gasteiger partial charge in [0.1, 0.15) is 0 Å². The number of benzene rings is 1. The highest BCUT2D eigenvalue weighted by Crippen LogP contribution is 2.26. The Balaban J connectivity index is 3.18. The normalized spacial score (nSPS) is 11.8. The van der Waals surface area contributed by atoms with Crippen molar-refractivity contribution in [2.45, 2.75) is 46.5 Å². The van der Waals surface area contributed by atoms with E-state index in [2.05, 4.69) is 45.9 Å². The molecule has 16 heavy (non-hydrogen) atoms. The summed E-state index contributed by atoms with van der Waals surface area (Å²) in [5.41, 5.74) is 3.65. The maximum atomic E-state index is 12.7. The molecule has 1 heteroatoms. The van der Waals surface area contributed by atoms with Crippen molar-refractivity contribution in [2.75, 3.05) is 6.67 Å². The van der Waals surface area contributed by atoms with Crippen molar-refractivity contribution >= 4 is 0 Å². The average molecular weight is 221 g/mol. The van der Waals surface area contributed by atoms with Gasteiger partial charge in [-0.3, -0.25) is 4.39 Å². The molecule has 0 amide bonds. The molecule has 0 saturated heterocycles. The van der Waals surface area contributed by atoms with Gasteiger partial charge in [-0.15, -0.1) is 0 Å². The summed E-state index contributed by atoms with van der Waals surface area (Å²) in [6.07, 6.45) is 0. The fourth-order valence-corrected chi connectivity index (χ4v) is 1.67. The highest BCUT2D eigenvalue weighted by Gasteiger charge is 2.11. The van der Waals surface area contributed by atoms with Crippen molar-refractivity contribution in [2.24, 2.45) is 0 Å². The first-order chi connectivity index (χ1) is 7.45. The highest BCUT2D eigenvalue weighted by molar-refractivity contribution is 5.40. The van der Waals surface area contributed by atoms with Crippen LogP contribution in [0.4, 0.5) is 4.39 Å². The first kappa shape index (κ1) is 13.2. The number of alkyl halides is 1. The van der Waals surface area contributed by atoms with E-state index >= 15 is 0 Å². The van der Waals surface area contributed by atoms with Gasteiger partial charge in [-0.2, -0.15) is 0 Å². The van der Waals surface area contributed by atoms with E-state index in [9.17, 15) is 4.39 Å². The molecule has 0 bridgehead atoms. The minimum atomic E-state index is -0.362. The van der Waals surface area contributed by atoms with Gasteiger partial charge in [-0.25, -0.2) is 0 Å². The van der Waals surface area contributed by atoms with E-state index in [1.54, 1.807) is 0 Å². The Morgan fingerprint density at radius 1 is 1.00 bits per heavy atom. The molecule has 0 aliphatic heterocycles. The van der Waals surface area contributed by atoms with Gasteiger partial charge < -0.3 is 0 Å². The van der Waals surface area contributed by atoms with Gasteiger partial charge in [0.2, 0.25) is 0 Å². The lowest BCUT2D eigenvalue weighted by Crippen LogP contribution is -2.02. The summed E-state index contributed by atoms with van der Waals surface area (Å²) in [7, 11) is 0. The number of hydrogen-bond donors (Lipinski definition) is 0. The smallest absolute Gasteiger partial charge is 0.0997 e. The second-order valence-electron chi connectivity index (χ2n) is 5.11. The van der Waals surface area contributed by atoms with Crippen molar-refractivity contribution in [3.63, 3.8) is 0 Å². The molecule has 0 aliphatic rings. The summed E-state index contributed by atoms with van der Waals surface area (Å²) >= 11 is 0. The fraction of sp³-hybridized carbons (Fsp3) is 0.533. The molecule has 0 aromatic heterocycles. The highest BCUT2D eigenvalue weighted by atomic mass is 19.1. The van der Waals surface area contributed by atoms with E-state index < -0.39 is 0 Å². The quantitative estimate of drug-likeness (QED) is 0.682. The lowest BCUT2D eigenvalue weighted by molar-refractivity contribution is 0.516. The predicted molar refractivity (Wildman–Crippen MR) is 68.6 cm³/mol. The maximum Gasteiger partial charge on any atom is 0.0997 e. The zero-order valence-electron chi connectivity index (χ0n) is 11.0. The van der Waals surface area contributed by atoms with Crippen LogP contribution in [0.2, 0.25) is 0 Å². The number of hydrogen-bond acceptors (Lipinski definition) is 0. The third-order valence-corrected chi connectivity index (χ3v) is 3.00. The molecular weight excluding hydrogens is 199 g/mol. The van der Waals surface area contributed by atoms with E-state index in [1.165, 1.54) is 11.1 Å². The molecule has 0 saturated carbocycles. The molecule has 0 aliphatic carbocycles. The van der Waals surface area contributed by atoms with E-state index in [1.807, 2.05) is 6.92 Å². The van der Waals surface area contributed by atoms with Gasteiger partial charge in [0, 0.05) is 5.92 Å². The summed E-state index contributed by atoms with van der Waals surface area (Å²) in [5.74, 6) is 1.80. The van der Waals surface area contributed by atoms with Crippen molar-refractivity contribution < 1.29 is 4.39 Å². The predicted octanol–water partition coefficient (Wildman–Crippen LogP) is 4.85. The molecule has 0 fully saturated rings. The summed E-state index contributed by atoms with van der Waals surface area (Å²) in [4.78, 5) is 0. The third kappa shape index (κ3) is 3.07. The van der Waals surface area contributed by atoms with Crippen LogP contribution in [0.25, 0.3) is 0 Å². The van der Waals surface area contributed by atoms with Crippen molar-refractivity contribution in [1.29, 1.82) is 0 Å².